The van der Waals surface area contributed by atoms with E-state index in [9.17, 15) is 22.0 Å². The first-order chi connectivity index (χ1) is 12.3. The van der Waals surface area contributed by atoms with Gasteiger partial charge in [-0.2, -0.15) is 27.1 Å². The summed E-state index contributed by atoms with van der Waals surface area (Å²) in [6.07, 6.45) is -1.83. The van der Waals surface area contributed by atoms with Crippen molar-refractivity contribution in [3.8, 4) is 22.5 Å². The first-order valence-corrected chi connectivity index (χ1v) is 7.50. The second-order valence-electron chi connectivity index (χ2n) is 5.46. The molecule has 136 valence electrons. The highest BCUT2D eigenvalue weighted by molar-refractivity contribution is 5.71. The minimum Gasteiger partial charge on any atom is -0.326 e. The molecule has 2 aromatic heterocycles. The number of halogens is 5. The maximum absolute atomic E-state index is 12.7. The van der Waals surface area contributed by atoms with E-state index in [2.05, 4.69) is 10.1 Å². The summed E-state index contributed by atoms with van der Waals surface area (Å²) in [6.45, 7) is -2.67. The van der Waals surface area contributed by atoms with Gasteiger partial charge in [0.2, 0.25) is 0 Å². The molecule has 1 aromatic carbocycles. The molecule has 0 aliphatic rings. The van der Waals surface area contributed by atoms with Crippen molar-refractivity contribution in [1.29, 1.82) is 0 Å². The van der Waals surface area contributed by atoms with Gasteiger partial charge in [-0.25, -0.2) is 4.68 Å². The van der Waals surface area contributed by atoms with Crippen LogP contribution in [0.1, 0.15) is 17.7 Å². The van der Waals surface area contributed by atoms with Gasteiger partial charge in [0.15, 0.2) is 0 Å². The van der Waals surface area contributed by atoms with Crippen molar-refractivity contribution in [1.82, 2.24) is 14.8 Å². The van der Waals surface area contributed by atoms with Crippen molar-refractivity contribution in [3.05, 3.63) is 59.9 Å². The molecule has 0 bridgehead atoms. The fourth-order valence-corrected chi connectivity index (χ4v) is 2.46. The number of benzene rings is 1. The van der Waals surface area contributed by atoms with E-state index < -0.39 is 18.3 Å². The van der Waals surface area contributed by atoms with Crippen LogP contribution in [0.15, 0.2) is 48.8 Å². The Labute approximate surface area is 145 Å². The van der Waals surface area contributed by atoms with Crippen LogP contribution in [0.3, 0.4) is 0 Å². The summed E-state index contributed by atoms with van der Waals surface area (Å²) < 4.78 is 64.0. The monoisotopic (exact) mass is 368 g/mol. The maximum Gasteiger partial charge on any atom is 0.416 e. The summed E-state index contributed by atoms with van der Waals surface area (Å²) in [6, 6.07) is 7.50. The Morgan fingerprint density at radius 2 is 1.73 bits per heavy atom. The van der Waals surface area contributed by atoms with Crippen LogP contribution in [0.4, 0.5) is 22.0 Å². The number of nitrogens with two attached hydrogens (primary N) is 1. The van der Waals surface area contributed by atoms with Crippen LogP contribution >= 0.6 is 0 Å². The molecule has 0 aliphatic heterocycles. The van der Waals surface area contributed by atoms with Gasteiger partial charge in [0.1, 0.15) is 0 Å². The number of alkyl halides is 5. The highest BCUT2D eigenvalue weighted by Crippen LogP contribution is 2.32. The highest BCUT2D eigenvalue weighted by atomic mass is 19.4. The molecule has 0 saturated carbocycles. The standard InChI is InChI=1S/C17H13F5N4/c18-16(19)26-6-5-14(25-26)13-7-15(24-9-11(13)8-23)10-1-3-12(4-2-10)17(20,21)22/h1-7,9,16H,8,23H2. The lowest BCUT2D eigenvalue weighted by Gasteiger charge is -2.10. The smallest absolute Gasteiger partial charge is 0.326 e. The van der Waals surface area contributed by atoms with Crippen molar-refractivity contribution < 1.29 is 22.0 Å². The van der Waals surface area contributed by atoms with Crippen LogP contribution < -0.4 is 5.73 Å². The molecule has 3 rings (SSSR count). The fourth-order valence-electron chi connectivity index (χ4n) is 2.46. The molecule has 0 unspecified atom stereocenters. The molecule has 2 heterocycles. The predicted octanol–water partition coefficient (Wildman–Crippen LogP) is 4.48. The van der Waals surface area contributed by atoms with Gasteiger partial charge in [0, 0.05) is 30.1 Å². The van der Waals surface area contributed by atoms with Gasteiger partial charge >= 0.3 is 12.7 Å². The van der Waals surface area contributed by atoms with Crippen molar-refractivity contribution in [2.45, 2.75) is 19.3 Å². The molecule has 0 atom stereocenters. The van der Waals surface area contributed by atoms with Gasteiger partial charge in [-0.15, -0.1) is 0 Å². The first kappa shape index (κ1) is 18.0. The van der Waals surface area contributed by atoms with E-state index in [4.69, 9.17) is 5.73 Å². The van der Waals surface area contributed by atoms with Gasteiger partial charge in [-0.1, -0.05) is 12.1 Å². The van der Waals surface area contributed by atoms with Gasteiger partial charge < -0.3 is 5.73 Å². The minimum atomic E-state index is -4.43. The second kappa shape index (κ2) is 6.83. The van der Waals surface area contributed by atoms with Gasteiger partial charge in [0.05, 0.1) is 17.0 Å². The lowest BCUT2D eigenvalue weighted by molar-refractivity contribution is -0.137. The number of aromatic nitrogens is 3. The zero-order valence-electron chi connectivity index (χ0n) is 13.2. The first-order valence-electron chi connectivity index (χ1n) is 7.50. The Morgan fingerprint density at radius 1 is 1.04 bits per heavy atom. The summed E-state index contributed by atoms with van der Waals surface area (Å²) in [5.74, 6) is 0. The fraction of sp³-hybridized carbons (Fsp3) is 0.176. The largest absolute Gasteiger partial charge is 0.416 e. The van der Waals surface area contributed by atoms with Crippen LogP contribution in [-0.4, -0.2) is 14.8 Å². The topological polar surface area (TPSA) is 56.7 Å². The molecule has 9 heteroatoms. The quantitative estimate of drug-likeness (QED) is 0.691. The van der Waals surface area contributed by atoms with Gasteiger partial charge in [-0.05, 0) is 29.8 Å². The summed E-state index contributed by atoms with van der Waals surface area (Å²) in [7, 11) is 0. The Bertz CT molecular complexity index is 900. The third kappa shape index (κ3) is 3.57. The summed E-state index contributed by atoms with van der Waals surface area (Å²) >= 11 is 0. The lowest BCUT2D eigenvalue weighted by atomic mass is 10.0. The van der Waals surface area contributed by atoms with E-state index in [0.717, 1.165) is 18.3 Å². The van der Waals surface area contributed by atoms with E-state index in [0.29, 0.717) is 27.1 Å². The van der Waals surface area contributed by atoms with Crippen LogP contribution in [0, 0.1) is 0 Å². The average Bonchev–Trinajstić information content (AvgIpc) is 3.11. The van der Waals surface area contributed by atoms with Crippen molar-refractivity contribution in [2.75, 3.05) is 0 Å². The van der Waals surface area contributed by atoms with E-state index in [1.165, 1.54) is 24.4 Å². The van der Waals surface area contributed by atoms with Crippen LogP contribution in [0.25, 0.3) is 22.5 Å². The summed E-state index contributed by atoms with van der Waals surface area (Å²) in [5, 5.41) is 3.80. The Hall–Kier alpha value is -2.81. The molecule has 0 amide bonds. The van der Waals surface area contributed by atoms with E-state index in [1.807, 2.05) is 0 Å². The molecule has 26 heavy (non-hydrogen) atoms. The maximum atomic E-state index is 12.7. The van der Waals surface area contributed by atoms with Crippen molar-refractivity contribution in [2.24, 2.45) is 5.73 Å². The minimum absolute atomic E-state index is 0.108. The number of hydrogen-bond donors (Lipinski definition) is 1. The zero-order chi connectivity index (χ0) is 18.9. The number of nitrogens with zero attached hydrogens (tertiary/aromatic N) is 3. The SMILES string of the molecule is NCc1cnc(-c2ccc(C(F)(F)F)cc2)cc1-c1ccn(C(F)F)n1. The zero-order valence-corrected chi connectivity index (χ0v) is 13.2. The molecule has 0 radical (unpaired) electrons. The molecule has 0 spiro atoms. The van der Waals surface area contributed by atoms with E-state index >= 15 is 0 Å². The normalized spacial score (nSPS) is 12.0. The van der Waals surface area contributed by atoms with Crippen LogP contribution in [0.5, 0.6) is 0 Å². The lowest BCUT2D eigenvalue weighted by Crippen LogP contribution is -2.04. The highest BCUT2D eigenvalue weighted by Gasteiger charge is 2.30. The third-order valence-electron chi connectivity index (χ3n) is 3.80. The van der Waals surface area contributed by atoms with Crippen LogP contribution in [-0.2, 0) is 12.7 Å². The van der Waals surface area contributed by atoms with Crippen molar-refractivity contribution >= 4 is 0 Å². The molecule has 2 N–H and O–H groups in total. The van der Waals surface area contributed by atoms with Crippen molar-refractivity contribution in [3.63, 3.8) is 0 Å². The van der Waals surface area contributed by atoms with Gasteiger partial charge in [0.25, 0.3) is 0 Å². The Balaban J connectivity index is 2.02. The molecular weight excluding hydrogens is 355 g/mol. The molecule has 0 fully saturated rings. The summed E-state index contributed by atoms with van der Waals surface area (Å²) in [5.41, 5.74) is 7.10. The molecule has 0 saturated heterocycles. The molecular formula is C17H13F5N4. The summed E-state index contributed by atoms with van der Waals surface area (Å²) in [4.78, 5) is 4.20. The molecule has 3 aromatic rings. The van der Waals surface area contributed by atoms with E-state index in [1.54, 1.807) is 6.07 Å². The number of rotatable bonds is 4. The third-order valence-corrected chi connectivity index (χ3v) is 3.80. The average molecular weight is 368 g/mol. The predicted molar refractivity (Wildman–Crippen MR) is 85.0 cm³/mol. The van der Waals surface area contributed by atoms with Crippen LogP contribution in [0.2, 0.25) is 0 Å². The van der Waals surface area contributed by atoms with Gasteiger partial charge in [-0.3, -0.25) is 4.98 Å². The Morgan fingerprint density at radius 3 is 2.27 bits per heavy atom. The molecule has 0 aliphatic carbocycles. The Kier molecular flexibility index (Phi) is 4.73. The van der Waals surface area contributed by atoms with E-state index in [-0.39, 0.29) is 12.2 Å². The number of hydrogen-bond acceptors (Lipinski definition) is 3. The number of pyridine rings is 1. The second-order valence-corrected chi connectivity index (χ2v) is 5.46. The molecule has 4 nitrogen and oxygen atoms in total.